The molecule has 0 spiro atoms. The zero-order valence-electron chi connectivity index (χ0n) is 10.1. The molecule has 0 bridgehead atoms. The highest BCUT2D eigenvalue weighted by molar-refractivity contribution is 6.30. The number of hydrogen-bond acceptors (Lipinski definition) is 2. The van der Waals surface area contributed by atoms with Gasteiger partial charge in [0.15, 0.2) is 0 Å². The molecule has 1 aliphatic heterocycles. The number of hydrogen-bond donors (Lipinski definition) is 1. The van der Waals surface area contributed by atoms with Gasteiger partial charge in [0.2, 0.25) is 0 Å². The van der Waals surface area contributed by atoms with Crippen LogP contribution >= 0.6 is 11.6 Å². The summed E-state index contributed by atoms with van der Waals surface area (Å²) in [6, 6.07) is 14.0. The van der Waals surface area contributed by atoms with Gasteiger partial charge in [-0.05, 0) is 42.3 Å². The van der Waals surface area contributed by atoms with Crippen molar-refractivity contribution in [1.82, 2.24) is 0 Å². The molecule has 2 nitrogen and oxygen atoms in total. The van der Waals surface area contributed by atoms with Gasteiger partial charge in [-0.1, -0.05) is 29.8 Å². The van der Waals surface area contributed by atoms with E-state index in [1.807, 2.05) is 24.3 Å². The quantitative estimate of drug-likeness (QED) is 0.829. The molecule has 0 fully saturated rings. The molecule has 92 valence electrons. The van der Waals surface area contributed by atoms with Gasteiger partial charge < -0.3 is 10.1 Å². The van der Waals surface area contributed by atoms with E-state index in [9.17, 15) is 0 Å². The second-order valence-corrected chi connectivity index (χ2v) is 4.98. The Bertz CT molecular complexity index is 582. The van der Waals surface area contributed by atoms with Crippen LogP contribution < -0.4 is 10.1 Å². The number of nitrogens with one attached hydrogen (secondary N) is 1. The summed E-state index contributed by atoms with van der Waals surface area (Å²) in [6.45, 7) is 2.82. The maximum Gasteiger partial charge on any atom is 0.143 e. The van der Waals surface area contributed by atoms with E-state index >= 15 is 0 Å². The highest BCUT2D eigenvalue weighted by atomic mass is 35.5. The van der Waals surface area contributed by atoms with Crippen LogP contribution in [0.3, 0.4) is 0 Å². The molecule has 2 aromatic carbocycles. The molecule has 0 amide bonds. The van der Waals surface area contributed by atoms with E-state index in [0.717, 1.165) is 28.6 Å². The largest absolute Gasteiger partial charge is 0.482 e. The zero-order chi connectivity index (χ0) is 12.5. The van der Waals surface area contributed by atoms with Gasteiger partial charge in [0, 0.05) is 5.02 Å². The summed E-state index contributed by atoms with van der Waals surface area (Å²) in [4.78, 5) is 0. The Labute approximate surface area is 112 Å². The van der Waals surface area contributed by atoms with Crippen molar-refractivity contribution in [2.75, 3.05) is 11.9 Å². The average Bonchev–Trinajstić information content (AvgIpc) is 2.38. The van der Waals surface area contributed by atoms with Crippen molar-refractivity contribution in [2.45, 2.75) is 13.0 Å². The molecule has 3 heteroatoms. The van der Waals surface area contributed by atoms with Gasteiger partial charge in [-0.3, -0.25) is 0 Å². The predicted octanol–water partition coefficient (Wildman–Crippen LogP) is 4.19. The number of aryl methyl sites for hydroxylation is 1. The van der Waals surface area contributed by atoms with E-state index in [1.165, 1.54) is 5.56 Å². The third-order valence-corrected chi connectivity index (χ3v) is 3.34. The van der Waals surface area contributed by atoms with Crippen LogP contribution in [0.1, 0.15) is 17.2 Å². The lowest BCUT2D eigenvalue weighted by Crippen LogP contribution is -2.23. The van der Waals surface area contributed by atoms with E-state index in [-0.39, 0.29) is 6.10 Å². The van der Waals surface area contributed by atoms with E-state index in [2.05, 4.69) is 30.4 Å². The van der Waals surface area contributed by atoms with Crippen LogP contribution in [0.5, 0.6) is 5.75 Å². The number of halogens is 1. The highest BCUT2D eigenvalue weighted by Crippen LogP contribution is 2.35. The second kappa shape index (κ2) is 4.54. The summed E-state index contributed by atoms with van der Waals surface area (Å²) in [5, 5.41) is 4.13. The number of benzene rings is 2. The van der Waals surface area contributed by atoms with Crippen LogP contribution in [0.2, 0.25) is 5.02 Å². The Balaban J connectivity index is 1.90. The molecule has 1 heterocycles. The van der Waals surface area contributed by atoms with Crippen molar-refractivity contribution >= 4 is 17.3 Å². The Hall–Kier alpha value is -1.67. The Morgan fingerprint density at radius 2 is 2.11 bits per heavy atom. The van der Waals surface area contributed by atoms with Gasteiger partial charge in [-0.2, -0.15) is 0 Å². The van der Waals surface area contributed by atoms with Crippen LogP contribution in [-0.4, -0.2) is 6.54 Å². The topological polar surface area (TPSA) is 21.3 Å². The zero-order valence-corrected chi connectivity index (χ0v) is 10.9. The van der Waals surface area contributed by atoms with Crippen molar-refractivity contribution in [1.29, 1.82) is 0 Å². The molecule has 18 heavy (non-hydrogen) atoms. The fraction of sp³-hybridized carbons (Fsp3) is 0.200. The molecule has 0 saturated carbocycles. The lowest BCUT2D eigenvalue weighted by Gasteiger charge is -2.28. The van der Waals surface area contributed by atoms with E-state index in [4.69, 9.17) is 16.3 Å². The maximum absolute atomic E-state index is 6.03. The first-order chi connectivity index (χ1) is 8.72. The molecular weight excluding hydrogens is 246 g/mol. The first-order valence-corrected chi connectivity index (χ1v) is 6.37. The van der Waals surface area contributed by atoms with Crippen molar-refractivity contribution in [3.05, 3.63) is 58.6 Å². The van der Waals surface area contributed by atoms with E-state index < -0.39 is 0 Å². The van der Waals surface area contributed by atoms with Gasteiger partial charge in [-0.25, -0.2) is 0 Å². The third-order valence-electron chi connectivity index (χ3n) is 3.10. The van der Waals surface area contributed by atoms with Crippen LogP contribution in [0.15, 0.2) is 42.5 Å². The van der Waals surface area contributed by atoms with Gasteiger partial charge in [0.1, 0.15) is 11.9 Å². The minimum Gasteiger partial charge on any atom is -0.482 e. The van der Waals surface area contributed by atoms with Gasteiger partial charge in [0.05, 0.1) is 12.2 Å². The lowest BCUT2D eigenvalue weighted by atomic mass is 10.1. The molecule has 0 radical (unpaired) electrons. The maximum atomic E-state index is 6.03. The number of rotatable bonds is 1. The molecule has 1 atom stereocenters. The van der Waals surface area contributed by atoms with Crippen molar-refractivity contribution in [2.24, 2.45) is 0 Å². The molecule has 1 unspecified atom stereocenters. The molecule has 2 aromatic rings. The highest BCUT2D eigenvalue weighted by Gasteiger charge is 2.20. The first kappa shape index (κ1) is 11.4. The fourth-order valence-electron chi connectivity index (χ4n) is 2.16. The summed E-state index contributed by atoms with van der Waals surface area (Å²) in [5.41, 5.74) is 3.35. The van der Waals surface area contributed by atoms with Crippen LogP contribution in [0.25, 0.3) is 0 Å². The summed E-state index contributed by atoms with van der Waals surface area (Å²) in [7, 11) is 0. The standard InChI is InChI=1S/C15H14ClNO/c1-10-5-6-13-14(7-10)18-15(9-17-13)11-3-2-4-12(16)8-11/h2-8,15,17H,9H2,1H3. The minimum absolute atomic E-state index is 0.0120. The summed E-state index contributed by atoms with van der Waals surface area (Å²) in [5.74, 6) is 0.909. The SMILES string of the molecule is Cc1ccc2c(c1)OC(c1cccc(Cl)c1)CN2. The average molecular weight is 260 g/mol. The van der Waals surface area contributed by atoms with Gasteiger partial charge in [-0.15, -0.1) is 0 Å². The van der Waals surface area contributed by atoms with Crippen molar-refractivity contribution < 1.29 is 4.74 Å². The van der Waals surface area contributed by atoms with Crippen molar-refractivity contribution in [3.63, 3.8) is 0 Å². The monoisotopic (exact) mass is 259 g/mol. The Kier molecular flexibility index (Phi) is 2.88. The lowest BCUT2D eigenvalue weighted by molar-refractivity contribution is 0.210. The first-order valence-electron chi connectivity index (χ1n) is 5.99. The summed E-state index contributed by atoms with van der Waals surface area (Å²) < 4.78 is 6.03. The van der Waals surface area contributed by atoms with E-state index in [0.29, 0.717) is 0 Å². The molecular formula is C15H14ClNO. The van der Waals surface area contributed by atoms with Crippen LogP contribution in [0.4, 0.5) is 5.69 Å². The Morgan fingerprint density at radius 3 is 2.94 bits per heavy atom. The number of fused-ring (bicyclic) bond motifs is 1. The third kappa shape index (κ3) is 2.16. The molecule has 0 aromatic heterocycles. The van der Waals surface area contributed by atoms with E-state index in [1.54, 1.807) is 0 Å². The second-order valence-electron chi connectivity index (χ2n) is 4.54. The number of ether oxygens (including phenoxy) is 1. The molecule has 1 N–H and O–H groups in total. The van der Waals surface area contributed by atoms with Crippen molar-refractivity contribution in [3.8, 4) is 5.75 Å². The fourth-order valence-corrected chi connectivity index (χ4v) is 2.36. The normalized spacial score (nSPS) is 17.6. The van der Waals surface area contributed by atoms with Crippen LogP contribution in [-0.2, 0) is 0 Å². The molecule has 0 aliphatic carbocycles. The minimum atomic E-state index is 0.0120. The molecule has 3 rings (SSSR count). The summed E-state index contributed by atoms with van der Waals surface area (Å²) >= 11 is 6.01. The molecule has 1 aliphatic rings. The Morgan fingerprint density at radius 1 is 1.22 bits per heavy atom. The summed E-state index contributed by atoms with van der Waals surface area (Å²) in [6.07, 6.45) is 0.0120. The van der Waals surface area contributed by atoms with Gasteiger partial charge in [0.25, 0.3) is 0 Å². The van der Waals surface area contributed by atoms with Crippen LogP contribution in [0, 0.1) is 6.92 Å². The number of anilines is 1. The predicted molar refractivity (Wildman–Crippen MR) is 74.5 cm³/mol. The smallest absolute Gasteiger partial charge is 0.143 e. The van der Waals surface area contributed by atoms with Gasteiger partial charge >= 0.3 is 0 Å². The molecule has 0 saturated heterocycles.